The summed E-state index contributed by atoms with van der Waals surface area (Å²) in [4.78, 5) is 34.3. The largest absolute Gasteiger partial charge is 0.499 e. The molecule has 3 N–H and O–H groups in total. The molecule has 188 valence electrons. The fourth-order valence-corrected chi connectivity index (χ4v) is 4.54. The van der Waals surface area contributed by atoms with Gasteiger partial charge in [0.05, 0.1) is 15.9 Å². The first-order chi connectivity index (χ1) is 16.8. The third kappa shape index (κ3) is 8.78. The van der Waals surface area contributed by atoms with Gasteiger partial charge in [0.2, 0.25) is 0 Å². The summed E-state index contributed by atoms with van der Waals surface area (Å²) >= 11 is 1.06. The van der Waals surface area contributed by atoms with E-state index in [1.165, 1.54) is 29.5 Å². The monoisotopic (exact) mass is 518 g/mol. The zero-order chi connectivity index (χ0) is 25.8. The van der Waals surface area contributed by atoms with Gasteiger partial charge < -0.3 is 15.7 Å². The summed E-state index contributed by atoms with van der Waals surface area (Å²) in [6.07, 6.45) is 5.88. The number of hydrogen-bond acceptors (Lipinski definition) is 6. The molecule has 3 heterocycles. The third-order valence-electron chi connectivity index (χ3n) is 4.93. The van der Waals surface area contributed by atoms with Crippen molar-refractivity contribution in [1.82, 2.24) is 19.5 Å². The molecule has 0 spiro atoms. The molecule has 0 aliphatic carbocycles. The maximum absolute atomic E-state index is 11.6. The van der Waals surface area contributed by atoms with Crippen molar-refractivity contribution >= 4 is 34.1 Å². The van der Waals surface area contributed by atoms with E-state index < -0.39 is 11.0 Å². The number of pyridine rings is 1. The molecule has 1 aromatic carbocycles. The zero-order valence-electron chi connectivity index (χ0n) is 19.9. The number of benzene rings is 1. The molecule has 1 saturated heterocycles. The van der Waals surface area contributed by atoms with Crippen LogP contribution in [0.25, 0.3) is 5.69 Å². The van der Waals surface area contributed by atoms with Gasteiger partial charge in [0.25, 0.3) is 17.4 Å². The minimum atomic E-state index is -0.708. The van der Waals surface area contributed by atoms with Crippen molar-refractivity contribution in [3.8, 4) is 10.8 Å². The SMILES string of the molecule is CNC(=O)c1ccc(-n2ccccc2=O)cc1.CNC(=O)c1ccc(O)s1.CS(=O)N1CCCC1. The highest BCUT2D eigenvalue weighted by Gasteiger charge is 2.13. The number of carbonyl (C=O) groups is 2. The second-order valence-electron chi connectivity index (χ2n) is 7.31. The summed E-state index contributed by atoms with van der Waals surface area (Å²) in [5.74, 6) is -0.303. The van der Waals surface area contributed by atoms with E-state index >= 15 is 0 Å². The van der Waals surface area contributed by atoms with Crippen LogP contribution in [0, 0.1) is 0 Å². The van der Waals surface area contributed by atoms with Crippen molar-refractivity contribution < 1.29 is 18.9 Å². The predicted molar refractivity (Wildman–Crippen MR) is 140 cm³/mol. The number of nitrogens with one attached hydrogen (secondary N) is 2. The van der Waals surface area contributed by atoms with Crippen LogP contribution < -0.4 is 16.2 Å². The van der Waals surface area contributed by atoms with Crippen molar-refractivity contribution in [2.75, 3.05) is 33.4 Å². The van der Waals surface area contributed by atoms with Crippen LogP contribution in [-0.2, 0) is 11.0 Å². The van der Waals surface area contributed by atoms with Gasteiger partial charge in [-0.2, -0.15) is 0 Å². The molecule has 1 aliphatic rings. The van der Waals surface area contributed by atoms with Gasteiger partial charge in [0.1, 0.15) is 0 Å². The second kappa shape index (κ2) is 14.2. The highest BCUT2D eigenvalue weighted by Crippen LogP contribution is 2.21. The van der Waals surface area contributed by atoms with Crippen molar-refractivity contribution in [2.45, 2.75) is 12.8 Å². The minimum absolute atomic E-state index is 0.0970. The van der Waals surface area contributed by atoms with Gasteiger partial charge in [-0.1, -0.05) is 17.4 Å². The van der Waals surface area contributed by atoms with E-state index in [0.29, 0.717) is 10.4 Å². The molecular weight excluding hydrogens is 488 g/mol. The molecule has 9 nitrogen and oxygen atoms in total. The Morgan fingerprint density at radius 3 is 2.03 bits per heavy atom. The Morgan fingerprint density at radius 1 is 0.943 bits per heavy atom. The van der Waals surface area contributed by atoms with Gasteiger partial charge in [-0.15, -0.1) is 0 Å². The van der Waals surface area contributed by atoms with Gasteiger partial charge in [-0.3, -0.25) is 19.0 Å². The first-order valence-corrected chi connectivity index (χ1v) is 13.2. The van der Waals surface area contributed by atoms with E-state index in [0.717, 1.165) is 30.1 Å². The number of rotatable bonds is 4. The fourth-order valence-electron chi connectivity index (χ4n) is 3.08. The lowest BCUT2D eigenvalue weighted by Gasteiger charge is -2.07. The van der Waals surface area contributed by atoms with E-state index in [2.05, 4.69) is 10.6 Å². The van der Waals surface area contributed by atoms with Crippen LogP contribution in [0.1, 0.15) is 32.9 Å². The summed E-state index contributed by atoms with van der Waals surface area (Å²) in [6.45, 7) is 2.06. The van der Waals surface area contributed by atoms with Crippen LogP contribution >= 0.6 is 11.3 Å². The normalized spacial score (nSPS) is 13.5. The number of hydrogen-bond donors (Lipinski definition) is 3. The smallest absolute Gasteiger partial charge is 0.261 e. The lowest BCUT2D eigenvalue weighted by Crippen LogP contribution is -2.20. The van der Waals surface area contributed by atoms with Crippen LogP contribution in [0.2, 0.25) is 0 Å². The van der Waals surface area contributed by atoms with Crippen LogP contribution in [0.15, 0.2) is 65.6 Å². The van der Waals surface area contributed by atoms with Gasteiger partial charge in [0, 0.05) is 57.0 Å². The molecule has 0 bridgehead atoms. The van der Waals surface area contributed by atoms with E-state index in [4.69, 9.17) is 5.11 Å². The first-order valence-electron chi connectivity index (χ1n) is 10.9. The van der Waals surface area contributed by atoms with Crippen LogP contribution in [0.5, 0.6) is 5.06 Å². The Labute approximate surface area is 211 Å². The summed E-state index contributed by atoms with van der Waals surface area (Å²) < 4.78 is 14.2. The Bertz CT molecular complexity index is 1180. The maximum Gasteiger partial charge on any atom is 0.261 e. The first kappa shape index (κ1) is 28.0. The number of carbonyl (C=O) groups excluding carboxylic acids is 2. The van der Waals surface area contributed by atoms with E-state index in [1.54, 1.807) is 69.0 Å². The molecule has 2 aromatic heterocycles. The molecule has 2 amide bonds. The van der Waals surface area contributed by atoms with E-state index in [-0.39, 0.29) is 22.4 Å². The maximum atomic E-state index is 11.6. The second-order valence-corrected chi connectivity index (χ2v) is 9.74. The standard InChI is InChI=1S/C13H12N2O2.C6H7NO2S.C5H11NOS/c1-14-13(17)10-5-7-11(8-6-10)15-9-3-2-4-12(15)16;1-7-6(9)4-2-3-5(8)10-4;1-8(7)6-4-2-3-5-6/h2-9H,1H3,(H,14,17);2-3,8H,1H3,(H,7,9);2-5H2,1H3. The fraction of sp³-hybridized carbons (Fsp3) is 0.292. The Hall–Kier alpha value is -3.28. The highest BCUT2D eigenvalue weighted by atomic mass is 32.2. The molecule has 35 heavy (non-hydrogen) atoms. The molecule has 0 radical (unpaired) electrons. The molecule has 1 atom stereocenters. The Balaban J connectivity index is 0.000000204. The van der Waals surface area contributed by atoms with Crippen molar-refractivity contribution in [1.29, 1.82) is 0 Å². The number of aromatic nitrogens is 1. The molecule has 11 heteroatoms. The quantitative estimate of drug-likeness (QED) is 0.490. The van der Waals surface area contributed by atoms with Crippen molar-refractivity contribution in [2.24, 2.45) is 0 Å². The van der Waals surface area contributed by atoms with Gasteiger partial charge in [0.15, 0.2) is 5.06 Å². The van der Waals surface area contributed by atoms with Crippen molar-refractivity contribution in [3.63, 3.8) is 0 Å². The van der Waals surface area contributed by atoms with Gasteiger partial charge in [-0.05, 0) is 55.3 Å². The van der Waals surface area contributed by atoms with Crippen LogP contribution in [-0.4, -0.2) is 63.4 Å². The summed E-state index contributed by atoms with van der Waals surface area (Å²) in [6, 6.07) is 14.9. The number of thiophene rings is 1. The van der Waals surface area contributed by atoms with Crippen molar-refractivity contribution in [3.05, 3.63) is 81.6 Å². The Morgan fingerprint density at radius 2 is 1.57 bits per heavy atom. The molecule has 0 saturated carbocycles. The molecule has 4 rings (SSSR count). The lowest BCUT2D eigenvalue weighted by atomic mass is 10.2. The number of aromatic hydroxyl groups is 1. The van der Waals surface area contributed by atoms with Crippen LogP contribution in [0.4, 0.5) is 0 Å². The topological polar surface area (TPSA) is 121 Å². The Kier molecular flexibility index (Phi) is 11.3. The highest BCUT2D eigenvalue weighted by molar-refractivity contribution is 7.81. The molecule has 1 fully saturated rings. The lowest BCUT2D eigenvalue weighted by molar-refractivity contribution is 0.0956. The van der Waals surface area contributed by atoms with E-state index in [9.17, 15) is 18.6 Å². The molecule has 1 unspecified atom stereocenters. The molecule has 3 aromatic rings. The summed E-state index contributed by atoms with van der Waals surface area (Å²) in [5.41, 5.74) is 1.21. The zero-order valence-corrected chi connectivity index (χ0v) is 21.5. The predicted octanol–water partition coefficient (Wildman–Crippen LogP) is 2.39. The number of amides is 2. The molecule has 1 aliphatic heterocycles. The third-order valence-corrected chi connectivity index (χ3v) is 6.91. The van der Waals surface area contributed by atoms with Gasteiger partial charge >= 0.3 is 0 Å². The minimum Gasteiger partial charge on any atom is -0.499 e. The summed E-state index contributed by atoms with van der Waals surface area (Å²) in [7, 11) is 2.43. The number of nitrogens with zero attached hydrogens (tertiary/aromatic N) is 2. The van der Waals surface area contributed by atoms with Gasteiger partial charge in [-0.25, -0.2) is 8.51 Å². The van der Waals surface area contributed by atoms with E-state index in [1.807, 2.05) is 4.31 Å². The summed E-state index contributed by atoms with van der Waals surface area (Å²) in [5, 5.41) is 14.0. The van der Waals surface area contributed by atoms with Crippen LogP contribution in [0.3, 0.4) is 0 Å². The molecular formula is C24H30N4O5S2. The average molecular weight is 519 g/mol. The average Bonchev–Trinajstić information content (AvgIpc) is 3.57.